The van der Waals surface area contributed by atoms with Gasteiger partial charge in [-0.1, -0.05) is 52.0 Å². The van der Waals surface area contributed by atoms with Crippen LogP contribution in [0.1, 0.15) is 26.7 Å². The maximum Gasteiger partial charge on any atom is 0.200 e. The number of halogens is 3. The third-order valence-corrected chi connectivity index (χ3v) is 3.65. The van der Waals surface area contributed by atoms with Crippen molar-refractivity contribution in [1.29, 1.82) is 0 Å². The SMILES string of the molecule is C=C.C=C(C#CC(C)CCC(C)C(=C)/C(F)=C(/F)C(=C)OC)/C=C(/F)C(=C)O. The summed E-state index contributed by atoms with van der Waals surface area (Å²) in [6.45, 7) is 23.1. The molecule has 0 amide bonds. The van der Waals surface area contributed by atoms with E-state index in [1.165, 1.54) is 7.11 Å². The zero-order chi connectivity index (χ0) is 22.4. The lowest BCUT2D eigenvalue weighted by atomic mass is 9.92. The van der Waals surface area contributed by atoms with E-state index in [2.05, 4.69) is 56.1 Å². The van der Waals surface area contributed by atoms with Gasteiger partial charge in [-0.25, -0.2) is 8.78 Å². The van der Waals surface area contributed by atoms with Gasteiger partial charge in [0.2, 0.25) is 0 Å². The molecule has 0 rings (SSSR count). The summed E-state index contributed by atoms with van der Waals surface area (Å²) in [6, 6.07) is 0. The van der Waals surface area contributed by atoms with E-state index in [4.69, 9.17) is 5.11 Å². The highest BCUT2D eigenvalue weighted by Crippen LogP contribution is 2.29. The van der Waals surface area contributed by atoms with Gasteiger partial charge in [-0.05, 0) is 30.4 Å². The highest BCUT2D eigenvalue weighted by atomic mass is 19.2. The molecule has 2 unspecified atom stereocenters. The van der Waals surface area contributed by atoms with Crippen LogP contribution in [-0.4, -0.2) is 12.2 Å². The molecule has 0 saturated carbocycles. The van der Waals surface area contributed by atoms with Crippen molar-refractivity contribution >= 4 is 0 Å². The topological polar surface area (TPSA) is 29.5 Å². The molecule has 0 aromatic heterocycles. The molecule has 154 valence electrons. The van der Waals surface area contributed by atoms with Crippen molar-refractivity contribution in [1.82, 2.24) is 0 Å². The van der Waals surface area contributed by atoms with Gasteiger partial charge in [0.05, 0.1) is 7.11 Å². The second-order valence-corrected chi connectivity index (χ2v) is 5.89. The first kappa shape index (κ1) is 27.3. The van der Waals surface area contributed by atoms with E-state index in [-0.39, 0.29) is 28.7 Å². The lowest BCUT2D eigenvalue weighted by Crippen LogP contribution is -2.04. The second-order valence-electron chi connectivity index (χ2n) is 5.89. The molecule has 0 aliphatic heterocycles. The van der Waals surface area contributed by atoms with Gasteiger partial charge in [0.25, 0.3) is 0 Å². The monoisotopic (exact) mass is 394 g/mol. The van der Waals surface area contributed by atoms with Crippen molar-refractivity contribution < 1.29 is 23.0 Å². The fourth-order valence-corrected chi connectivity index (χ4v) is 1.80. The van der Waals surface area contributed by atoms with Crippen LogP contribution >= 0.6 is 0 Å². The highest BCUT2D eigenvalue weighted by Gasteiger charge is 2.18. The van der Waals surface area contributed by atoms with Gasteiger partial charge in [0.15, 0.2) is 17.5 Å². The Morgan fingerprint density at radius 2 is 1.57 bits per heavy atom. The molecule has 5 heteroatoms. The summed E-state index contributed by atoms with van der Waals surface area (Å²) >= 11 is 0. The van der Waals surface area contributed by atoms with Gasteiger partial charge in [-0.2, -0.15) is 4.39 Å². The first-order chi connectivity index (χ1) is 13.0. The molecule has 28 heavy (non-hydrogen) atoms. The number of aliphatic hydroxyl groups excluding tert-OH is 1. The van der Waals surface area contributed by atoms with Crippen molar-refractivity contribution in [3.63, 3.8) is 0 Å². The molecular formula is C23H29F3O2. The van der Waals surface area contributed by atoms with Gasteiger partial charge < -0.3 is 9.84 Å². The summed E-state index contributed by atoms with van der Waals surface area (Å²) in [4.78, 5) is 0. The minimum Gasteiger partial charge on any atom is -0.506 e. The minimum absolute atomic E-state index is 0.0248. The van der Waals surface area contributed by atoms with Crippen LogP contribution in [0, 0.1) is 23.7 Å². The molecule has 0 bridgehead atoms. The zero-order valence-electron chi connectivity index (χ0n) is 16.9. The predicted molar refractivity (Wildman–Crippen MR) is 111 cm³/mol. The van der Waals surface area contributed by atoms with Crippen molar-refractivity contribution in [3.8, 4) is 11.8 Å². The van der Waals surface area contributed by atoms with E-state index < -0.39 is 23.2 Å². The van der Waals surface area contributed by atoms with Crippen molar-refractivity contribution in [2.45, 2.75) is 26.7 Å². The van der Waals surface area contributed by atoms with E-state index in [1.54, 1.807) is 6.92 Å². The van der Waals surface area contributed by atoms with Crippen LogP contribution < -0.4 is 0 Å². The average Bonchev–Trinajstić information content (AvgIpc) is 2.69. The third kappa shape index (κ3) is 10.3. The molecule has 2 nitrogen and oxygen atoms in total. The summed E-state index contributed by atoms with van der Waals surface area (Å²) in [6.07, 6.45) is 2.11. The van der Waals surface area contributed by atoms with Crippen LogP contribution in [0.2, 0.25) is 0 Å². The molecule has 0 spiro atoms. The molecule has 0 aliphatic rings. The van der Waals surface area contributed by atoms with Crippen molar-refractivity contribution in [3.05, 3.63) is 85.7 Å². The lowest BCUT2D eigenvalue weighted by Gasteiger charge is -2.15. The molecule has 0 fully saturated rings. The Hall–Kier alpha value is -2.87. The van der Waals surface area contributed by atoms with Gasteiger partial charge in [-0.15, -0.1) is 13.2 Å². The summed E-state index contributed by atoms with van der Waals surface area (Å²) in [7, 11) is 1.20. The molecule has 0 radical (unpaired) electrons. The molecule has 0 aromatic carbocycles. The van der Waals surface area contributed by atoms with Crippen LogP contribution in [-0.2, 0) is 4.74 Å². The Morgan fingerprint density at radius 3 is 2.04 bits per heavy atom. The fourth-order valence-electron chi connectivity index (χ4n) is 1.80. The second kappa shape index (κ2) is 14.2. The molecule has 0 saturated heterocycles. The van der Waals surface area contributed by atoms with Crippen LogP contribution in [0.25, 0.3) is 0 Å². The van der Waals surface area contributed by atoms with Gasteiger partial charge in [0.1, 0.15) is 11.5 Å². The maximum atomic E-state index is 14.0. The van der Waals surface area contributed by atoms with Crippen LogP contribution in [0.5, 0.6) is 0 Å². The van der Waals surface area contributed by atoms with Gasteiger partial charge in [-0.3, -0.25) is 0 Å². The molecule has 0 heterocycles. The Bertz CT molecular complexity index is 718. The standard InChI is InChI=1S/C21H25F3O2.C2H4/c1-13(8-9-14(2)12-19(22)17(5)25)10-11-15(3)16(4)20(23)21(24)18(6)26-7;1-2/h12-13,15,25H,2,4-6,10-11H2,1,3,7H3;1-2H2/b19-12+,21-20-;. The predicted octanol–water partition coefficient (Wildman–Crippen LogP) is 7.19. The summed E-state index contributed by atoms with van der Waals surface area (Å²) in [5.74, 6) is 0.964. The number of allylic oxidation sites excluding steroid dienone is 6. The number of hydrogen-bond donors (Lipinski definition) is 1. The lowest BCUT2D eigenvalue weighted by molar-refractivity contribution is 0.280. The zero-order valence-corrected chi connectivity index (χ0v) is 16.9. The van der Waals surface area contributed by atoms with Gasteiger partial charge >= 0.3 is 0 Å². The van der Waals surface area contributed by atoms with Crippen LogP contribution in [0.3, 0.4) is 0 Å². The molecule has 0 aromatic rings. The first-order valence-corrected chi connectivity index (χ1v) is 8.44. The fraction of sp³-hybridized carbons (Fsp3) is 0.304. The number of methoxy groups -OCH3 is 1. The number of hydrogen-bond acceptors (Lipinski definition) is 2. The summed E-state index contributed by atoms with van der Waals surface area (Å²) < 4.78 is 45.4. The summed E-state index contributed by atoms with van der Waals surface area (Å²) in [5.41, 5.74) is 0.216. The first-order valence-electron chi connectivity index (χ1n) is 8.44. The Morgan fingerprint density at radius 1 is 1.04 bits per heavy atom. The van der Waals surface area contributed by atoms with Crippen LogP contribution in [0.15, 0.2) is 85.7 Å². The number of rotatable bonds is 9. The van der Waals surface area contributed by atoms with Crippen molar-refractivity contribution in [2.75, 3.05) is 7.11 Å². The largest absolute Gasteiger partial charge is 0.506 e. The molecular weight excluding hydrogens is 365 g/mol. The van der Waals surface area contributed by atoms with E-state index in [9.17, 15) is 13.2 Å². The highest BCUT2D eigenvalue weighted by molar-refractivity contribution is 5.39. The van der Waals surface area contributed by atoms with E-state index >= 15 is 0 Å². The van der Waals surface area contributed by atoms with E-state index in [1.807, 2.05) is 6.92 Å². The maximum absolute atomic E-state index is 14.0. The molecule has 2 atom stereocenters. The number of ether oxygens (including phenoxy) is 1. The van der Waals surface area contributed by atoms with Gasteiger partial charge in [0, 0.05) is 11.5 Å². The number of aliphatic hydroxyl groups is 1. The van der Waals surface area contributed by atoms with Crippen LogP contribution in [0.4, 0.5) is 13.2 Å². The third-order valence-electron chi connectivity index (χ3n) is 3.65. The Labute approximate surface area is 166 Å². The van der Waals surface area contributed by atoms with E-state index in [0.717, 1.165) is 6.08 Å². The average molecular weight is 394 g/mol. The Kier molecular flexibility index (Phi) is 13.9. The molecule has 1 N–H and O–H groups in total. The minimum atomic E-state index is -1.16. The quantitative estimate of drug-likeness (QED) is 0.194. The molecule has 0 aliphatic carbocycles. The Balaban J connectivity index is 0. The smallest absolute Gasteiger partial charge is 0.200 e. The van der Waals surface area contributed by atoms with E-state index in [0.29, 0.717) is 12.8 Å². The normalized spacial score (nSPS) is 13.4. The summed E-state index contributed by atoms with van der Waals surface area (Å²) in [5, 5.41) is 8.87. The van der Waals surface area contributed by atoms with Crippen molar-refractivity contribution in [2.24, 2.45) is 11.8 Å².